The first-order valence-corrected chi connectivity index (χ1v) is 8.71. The average molecular weight is 373 g/mol. The van der Waals surface area contributed by atoms with Crippen LogP contribution >= 0.6 is 11.6 Å². The van der Waals surface area contributed by atoms with Gasteiger partial charge >= 0.3 is 0 Å². The van der Waals surface area contributed by atoms with Gasteiger partial charge in [-0.2, -0.15) is 0 Å². The van der Waals surface area contributed by atoms with Crippen LogP contribution in [0.1, 0.15) is 10.4 Å². The van der Waals surface area contributed by atoms with E-state index in [1.54, 1.807) is 36.6 Å². The molecule has 0 spiro atoms. The largest absolute Gasteiger partial charge is 0.463 e. The molecule has 2 aromatic heterocycles. The fourth-order valence-corrected chi connectivity index (χ4v) is 3.12. The maximum atomic E-state index is 12.8. The lowest BCUT2D eigenvalue weighted by Crippen LogP contribution is -2.39. The number of amides is 1. The predicted molar refractivity (Wildman–Crippen MR) is 97.3 cm³/mol. The number of ether oxygens (including phenoxy) is 2. The summed E-state index contributed by atoms with van der Waals surface area (Å²) in [6.07, 6.45) is 1.42. The Hall–Kier alpha value is -2.41. The van der Waals surface area contributed by atoms with Gasteiger partial charge in [-0.3, -0.25) is 4.79 Å². The highest BCUT2D eigenvalue weighted by Gasteiger charge is 2.19. The number of furan rings is 1. The van der Waals surface area contributed by atoms with Crippen LogP contribution in [-0.4, -0.2) is 43.4 Å². The van der Waals surface area contributed by atoms with Crippen LogP contribution in [0.2, 0.25) is 5.02 Å². The summed E-state index contributed by atoms with van der Waals surface area (Å²) in [5, 5.41) is 4.07. The van der Waals surface area contributed by atoms with Crippen molar-refractivity contribution >= 4 is 28.4 Å². The SMILES string of the molecule is O=C(NC[C@@H]1COCCO1)c1cc(-c2ccco2)nc2c(Cl)cccc12. The van der Waals surface area contributed by atoms with Crippen molar-refractivity contribution in [1.29, 1.82) is 0 Å². The third-order valence-corrected chi connectivity index (χ3v) is 4.49. The predicted octanol–water partition coefficient (Wildman–Crippen LogP) is 3.29. The zero-order valence-electron chi connectivity index (χ0n) is 13.9. The van der Waals surface area contributed by atoms with Crippen molar-refractivity contribution in [3.05, 3.63) is 53.2 Å². The molecule has 26 heavy (non-hydrogen) atoms. The van der Waals surface area contributed by atoms with Crippen LogP contribution in [0.25, 0.3) is 22.4 Å². The summed E-state index contributed by atoms with van der Waals surface area (Å²) in [5.41, 5.74) is 1.60. The van der Waals surface area contributed by atoms with Crippen molar-refractivity contribution in [2.45, 2.75) is 6.10 Å². The molecule has 1 atom stereocenters. The average Bonchev–Trinajstić information content (AvgIpc) is 3.21. The fraction of sp³-hybridized carbons (Fsp3) is 0.263. The molecule has 134 valence electrons. The summed E-state index contributed by atoms with van der Waals surface area (Å²) in [5.74, 6) is 0.353. The molecule has 0 radical (unpaired) electrons. The van der Waals surface area contributed by atoms with Gasteiger partial charge in [-0.25, -0.2) is 4.98 Å². The lowest BCUT2D eigenvalue weighted by atomic mass is 10.1. The maximum absolute atomic E-state index is 12.8. The number of carbonyl (C=O) groups excluding carboxylic acids is 1. The van der Waals surface area contributed by atoms with Crippen LogP contribution < -0.4 is 5.32 Å². The molecule has 7 heteroatoms. The molecule has 1 aromatic carbocycles. The van der Waals surface area contributed by atoms with Gasteiger partial charge in [0, 0.05) is 11.9 Å². The molecule has 1 saturated heterocycles. The zero-order valence-corrected chi connectivity index (χ0v) is 14.7. The highest BCUT2D eigenvalue weighted by Crippen LogP contribution is 2.29. The number of halogens is 1. The Morgan fingerprint density at radius 2 is 2.19 bits per heavy atom. The van der Waals surface area contributed by atoms with E-state index >= 15 is 0 Å². The molecule has 0 unspecified atom stereocenters. The first-order valence-electron chi connectivity index (χ1n) is 8.33. The number of rotatable bonds is 4. The van der Waals surface area contributed by atoms with Gasteiger partial charge in [0.2, 0.25) is 0 Å². The van der Waals surface area contributed by atoms with Crippen LogP contribution in [0, 0.1) is 0 Å². The minimum Gasteiger partial charge on any atom is -0.463 e. The number of para-hydroxylation sites is 1. The van der Waals surface area contributed by atoms with Crippen molar-refractivity contribution < 1.29 is 18.7 Å². The molecule has 1 N–H and O–H groups in total. The van der Waals surface area contributed by atoms with E-state index < -0.39 is 0 Å². The van der Waals surface area contributed by atoms with E-state index in [1.165, 1.54) is 0 Å². The second-order valence-corrected chi connectivity index (χ2v) is 6.35. The quantitative estimate of drug-likeness (QED) is 0.760. The van der Waals surface area contributed by atoms with Crippen LogP contribution in [0.4, 0.5) is 0 Å². The minimum atomic E-state index is -0.221. The van der Waals surface area contributed by atoms with Crippen LogP contribution in [0.3, 0.4) is 0 Å². The number of nitrogens with zero attached hydrogens (tertiary/aromatic N) is 1. The van der Waals surface area contributed by atoms with E-state index in [-0.39, 0.29) is 12.0 Å². The molecule has 0 bridgehead atoms. The molecule has 1 aliphatic heterocycles. The zero-order chi connectivity index (χ0) is 17.9. The highest BCUT2D eigenvalue weighted by atomic mass is 35.5. The monoisotopic (exact) mass is 372 g/mol. The Labute approximate surface area is 155 Å². The maximum Gasteiger partial charge on any atom is 0.252 e. The first kappa shape index (κ1) is 17.0. The number of hydrogen-bond acceptors (Lipinski definition) is 5. The molecule has 0 aliphatic carbocycles. The summed E-state index contributed by atoms with van der Waals surface area (Å²) >= 11 is 6.30. The van der Waals surface area contributed by atoms with Gasteiger partial charge in [0.25, 0.3) is 5.91 Å². The Bertz CT molecular complexity index is 921. The molecule has 1 fully saturated rings. The van der Waals surface area contributed by atoms with E-state index in [0.29, 0.717) is 59.3 Å². The van der Waals surface area contributed by atoms with E-state index in [9.17, 15) is 4.79 Å². The van der Waals surface area contributed by atoms with Crippen molar-refractivity contribution in [2.75, 3.05) is 26.4 Å². The second-order valence-electron chi connectivity index (χ2n) is 5.95. The molecular formula is C19H17ClN2O4. The van der Waals surface area contributed by atoms with Crippen molar-refractivity contribution in [3.8, 4) is 11.5 Å². The molecule has 1 aliphatic rings. The minimum absolute atomic E-state index is 0.145. The smallest absolute Gasteiger partial charge is 0.252 e. The van der Waals surface area contributed by atoms with E-state index in [2.05, 4.69) is 10.3 Å². The third kappa shape index (κ3) is 3.44. The number of hydrogen-bond donors (Lipinski definition) is 1. The topological polar surface area (TPSA) is 73.6 Å². The van der Waals surface area contributed by atoms with Gasteiger partial charge in [0.1, 0.15) is 5.69 Å². The summed E-state index contributed by atoms with van der Waals surface area (Å²) < 4.78 is 16.3. The van der Waals surface area contributed by atoms with Crippen LogP contribution in [-0.2, 0) is 9.47 Å². The second kappa shape index (κ2) is 7.45. The van der Waals surface area contributed by atoms with Crippen molar-refractivity contribution in [3.63, 3.8) is 0 Å². The van der Waals surface area contributed by atoms with Crippen molar-refractivity contribution in [2.24, 2.45) is 0 Å². The van der Waals surface area contributed by atoms with Gasteiger partial charge < -0.3 is 19.2 Å². The molecule has 3 heterocycles. The van der Waals surface area contributed by atoms with Gasteiger partial charge in [-0.15, -0.1) is 0 Å². The number of pyridine rings is 1. The number of benzene rings is 1. The molecule has 3 aromatic rings. The van der Waals surface area contributed by atoms with Crippen molar-refractivity contribution in [1.82, 2.24) is 10.3 Å². The number of aromatic nitrogens is 1. The third-order valence-electron chi connectivity index (χ3n) is 4.18. The molecular weight excluding hydrogens is 356 g/mol. The summed E-state index contributed by atoms with van der Waals surface area (Å²) in [6.45, 7) is 1.97. The molecule has 4 rings (SSSR count). The Morgan fingerprint density at radius 3 is 2.96 bits per heavy atom. The van der Waals surface area contributed by atoms with Gasteiger partial charge in [0.05, 0.1) is 48.3 Å². The fourth-order valence-electron chi connectivity index (χ4n) is 2.91. The van der Waals surface area contributed by atoms with Crippen LogP contribution in [0.15, 0.2) is 47.1 Å². The highest BCUT2D eigenvalue weighted by molar-refractivity contribution is 6.35. The number of nitrogens with one attached hydrogen (secondary N) is 1. The number of fused-ring (bicyclic) bond motifs is 1. The first-order chi connectivity index (χ1) is 12.7. The standard InChI is InChI=1S/C19H17ClN2O4/c20-15-4-1-3-13-14(19(23)21-10-12-11-24-7-8-25-12)9-16(22-18(13)15)17-5-2-6-26-17/h1-6,9,12H,7-8,10-11H2,(H,21,23)/t12-/m1/s1. The summed E-state index contributed by atoms with van der Waals surface area (Å²) in [7, 11) is 0. The Balaban J connectivity index is 1.68. The Kier molecular flexibility index (Phi) is 4.88. The molecule has 0 saturated carbocycles. The Morgan fingerprint density at radius 1 is 1.27 bits per heavy atom. The van der Waals surface area contributed by atoms with Gasteiger partial charge in [0.15, 0.2) is 5.76 Å². The summed E-state index contributed by atoms with van der Waals surface area (Å²) in [4.78, 5) is 17.4. The molecule has 1 amide bonds. The number of carbonyl (C=O) groups is 1. The van der Waals surface area contributed by atoms with E-state index in [0.717, 1.165) is 0 Å². The normalized spacial score (nSPS) is 17.3. The molecule has 6 nitrogen and oxygen atoms in total. The van der Waals surface area contributed by atoms with E-state index in [1.807, 2.05) is 6.07 Å². The summed E-state index contributed by atoms with van der Waals surface area (Å²) in [6, 6.07) is 10.7. The lowest BCUT2D eigenvalue weighted by Gasteiger charge is -2.23. The van der Waals surface area contributed by atoms with Gasteiger partial charge in [-0.1, -0.05) is 23.7 Å². The van der Waals surface area contributed by atoms with E-state index in [4.69, 9.17) is 25.5 Å². The van der Waals surface area contributed by atoms with Gasteiger partial charge in [-0.05, 0) is 24.3 Å². The van der Waals surface area contributed by atoms with Crippen LogP contribution in [0.5, 0.6) is 0 Å². The lowest BCUT2D eigenvalue weighted by molar-refractivity contribution is -0.0855.